The van der Waals surface area contributed by atoms with Crippen LogP contribution in [0.4, 0.5) is 4.79 Å². The van der Waals surface area contributed by atoms with Crippen LogP contribution in [0.25, 0.3) is 0 Å². The van der Waals surface area contributed by atoms with Crippen LogP contribution in [0.1, 0.15) is 40.5 Å². The van der Waals surface area contributed by atoms with Gasteiger partial charge in [0, 0.05) is 0 Å². The maximum Gasteiger partial charge on any atom is 0.509 e. The standard InChI is InChI=1S/C11H20O3/c1-6-11(7-2,8-3)14-10(12)13-9(4)5/h6,9H,1,7-8H2,2-5H3. The minimum atomic E-state index is -0.622. The molecule has 0 saturated heterocycles. The van der Waals surface area contributed by atoms with E-state index in [1.54, 1.807) is 19.9 Å². The zero-order valence-corrected chi connectivity index (χ0v) is 9.50. The highest BCUT2D eigenvalue weighted by molar-refractivity contribution is 5.61. The third-order valence-corrected chi connectivity index (χ3v) is 2.19. The number of carbonyl (C=O) groups excluding carboxylic acids is 1. The zero-order chi connectivity index (χ0) is 11.2. The summed E-state index contributed by atoms with van der Waals surface area (Å²) >= 11 is 0. The number of hydrogen-bond donors (Lipinski definition) is 0. The Bertz CT molecular complexity index is 193. The third kappa shape index (κ3) is 3.81. The van der Waals surface area contributed by atoms with Gasteiger partial charge < -0.3 is 9.47 Å². The van der Waals surface area contributed by atoms with Crippen LogP contribution in [0.2, 0.25) is 0 Å². The Morgan fingerprint density at radius 3 is 2.21 bits per heavy atom. The lowest BCUT2D eigenvalue weighted by atomic mass is 9.98. The number of ether oxygens (including phenoxy) is 2. The number of carbonyl (C=O) groups is 1. The van der Waals surface area contributed by atoms with E-state index in [0.29, 0.717) is 12.8 Å². The molecule has 82 valence electrons. The first-order chi connectivity index (χ1) is 6.49. The van der Waals surface area contributed by atoms with Gasteiger partial charge in [-0.3, -0.25) is 0 Å². The van der Waals surface area contributed by atoms with Gasteiger partial charge in [0.1, 0.15) is 5.60 Å². The smallest absolute Gasteiger partial charge is 0.432 e. The molecule has 0 aliphatic rings. The van der Waals surface area contributed by atoms with Gasteiger partial charge in [-0.25, -0.2) is 4.79 Å². The van der Waals surface area contributed by atoms with E-state index in [9.17, 15) is 4.79 Å². The van der Waals surface area contributed by atoms with Crippen LogP contribution in [0, 0.1) is 0 Å². The number of rotatable bonds is 5. The van der Waals surface area contributed by atoms with Crippen molar-refractivity contribution in [1.82, 2.24) is 0 Å². The van der Waals surface area contributed by atoms with Gasteiger partial charge >= 0.3 is 6.16 Å². The summed E-state index contributed by atoms with van der Waals surface area (Å²) in [6.45, 7) is 11.2. The first kappa shape index (κ1) is 13.0. The molecule has 0 atom stereocenters. The maximum absolute atomic E-state index is 11.3. The molecular weight excluding hydrogens is 180 g/mol. The first-order valence-corrected chi connectivity index (χ1v) is 5.03. The SMILES string of the molecule is C=CC(CC)(CC)OC(=O)OC(C)C. The molecule has 0 unspecified atom stereocenters. The average Bonchev–Trinajstić information content (AvgIpc) is 2.13. The monoisotopic (exact) mass is 200 g/mol. The van der Waals surface area contributed by atoms with Crippen molar-refractivity contribution in [2.24, 2.45) is 0 Å². The summed E-state index contributed by atoms with van der Waals surface area (Å²) < 4.78 is 10.1. The second kappa shape index (κ2) is 5.68. The van der Waals surface area contributed by atoms with Crippen LogP contribution in [-0.2, 0) is 9.47 Å². The van der Waals surface area contributed by atoms with Crippen LogP contribution >= 0.6 is 0 Å². The summed E-state index contributed by atoms with van der Waals surface area (Å²) in [6.07, 6.45) is 2.30. The molecule has 0 aromatic carbocycles. The molecule has 0 N–H and O–H groups in total. The van der Waals surface area contributed by atoms with E-state index in [2.05, 4.69) is 6.58 Å². The molecule has 0 aliphatic carbocycles. The Kier molecular flexibility index (Phi) is 5.28. The highest BCUT2D eigenvalue weighted by Crippen LogP contribution is 2.22. The van der Waals surface area contributed by atoms with Gasteiger partial charge in [0.2, 0.25) is 0 Å². The third-order valence-electron chi connectivity index (χ3n) is 2.19. The van der Waals surface area contributed by atoms with E-state index in [0.717, 1.165) is 0 Å². The second-order valence-corrected chi connectivity index (χ2v) is 3.49. The van der Waals surface area contributed by atoms with Gasteiger partial charge in [0.05, 0.1) is 6.10 Å². The van der Waals surface area contributed by atoms with E-state index in [-0.39, 0.29) is 6.10 Å². The predicted molar refractivity (Wildman–Crippen MR) is 56.2 cm³/mol. The lowest BCUT2D eigenvalue weighted by Crippen LogP contribution is -2.32. The number of hydrogen-bond acceptors (Lipinski definition) is 3. The molecule has 14 heavy (non-hydrogen) atoms. The fourth-order valence-corrected chi connectivity index (χ4v) is 1.11. The van der Waals surface area contributed by atoms with Crippen molar-refractivity contribution in [3.05, 3.63) is 12.7 Å². The van der Waals surface area contributed by atoms with E-state index in [1.807, 2.05) is 13.8 Å². The van der Waals surface area contributed by atoms with Crippen molar-refractivity contribution in [1.29, 1.82) is 0 Å². The Labute approximate surface area is 86.1 Å². The highest BCUT2D eigenvalue weighted by atomic mass is 16.7. The molecule has 0 rings (SSSR count). The lowest BCUT2D eigenvalue weighted by molar-refractivity contribution is -0.0260. The Balaban J connectivity index is 4.30. The van der Waals surface area contributed by atoms with Crippen LogP contribution in [0.15, 0.2) is 12.7 Å². The highest BCUT2D eigenvalue weighted by Gasteiger charge is 2.27. The van der Waals surface area contributed by atoms with Gasteiger partial charge in [-0.05, 0) is 32.8 Å². The summed E-state index contributed by atoms with van der Waals surface area (Å²) in [5.41, 5.74) is -0.577. The van der Waals surface area contributed by atoms with E-state index >= 15 is 0 Å². The first-order valence-electron chi connectivity index (χ1n) is 5.03. The molecule has 3 heteroatoms. The summed E-state index contributed by atoms with van der Waals surface area (Å²) in [6, 6.07) is 0. The summed E-state index contributed by atoms with van der Waals surface area (Å²) in [4.78, 5) is 11.3. The Morgan fingerprint density at radius 2 is 1.93 bits per heavy atom. The second-order valence-electron chi connectivity index (χ2n) is 3.49. The van der Waals surface area contributed by atoms with Crippen LogP contribution in [0.3, 0.4) is 0 Å². The lowest BCUT2D eigenvalue weighted by Gasteiger charge is -2.27. The zero-order valence-electron chi connectivity index (χ0n) is 9.50. The molecule has 0 fully saturated rings. The fourth-order valence-electron chi connectivity index (χ4n) is 1.11. The minimum absolute atomic E-state index is 0.154. The van der Waals surface area contributed by atoms with Gasteiger partial charge in [0.25, 0.3) is 0 Å². The topological polar surface area (TPSA) is 35.5 Å². The molecule has 0 aromatic rings. The average molecular weight is 200 g/mol. The molecule has 0 saturated carbocycles. The van der Waals surface area contributed by atoms with Gasteiger partial charge in [-0.2, -0.15) is 0 Å². The Hall–Kier alpha value is -0.990. The summed E-state index contributed by atoms with van der Waals surface area (Å²) in [5, 5.41) is 0. The minimum Gasteiger partial charge on any atom is -0.432 e. The van der Waals surface area contributed by atoms with Crippen molar-refractivity contribution in [2.75, 3.05) is 0 Å². The van der Waals surface area contributed by atoms with Crippen molar-refractivity contribution in [3.63, 3.8) is 0 Å². The molecule has 0 bridgehead atoms. The molecule has 0 amide bonds. The molecule has 0 spiro atoms. The fraction of sp³-hybridized carbons (Fsp3) is 0.727. The largest absolute Gasteiger partial charge is 0.509 e. The Morgan fingerprint density at radius 1 is 1.43 bits per heavy atom. The van der Waals surface area contributed by atoms with Gasteiger partial charge in [0.15, 0.2) is 0 Å². The molecule has 3 nitrogen and oxygen atoms in total. The molecule has 0 aliphatic heterocycles. The van der Waals surface area contributed by atoms with Crippen molar-refractivity contribution < 1.29 is 14.3 Å². The van der Waals surface area contributed by atoms with Crippen molar-refractivity contribution in [3.8, 4) is 0 Å². The molecule has 0 radical (unpaired) electrons. The van der Waals surface area contributed by atoms with Crippen LogP contribution < -0.4 is 0 Å². The summed E-state index contributed by atoms with van der Waals surface area (Å²) in [5.74, 6) is 0. The van der Waals surface area contributed by atoms with E-state index < -0.39 is 11.8 Å². The van der Waals surface area contributed by atoms with Crippen molar-refractivity contribution >= 4 is 6.16 Å². The van der Waals surface area contributed by atoms with Gasteiger partial charge in [-0.15, -0.1) is 0 Å². The van der Waals surface area contributed by atoms with Crippen molar-refractivity contribution in [2.45, 2.75) is 52.2 Å². The predicted octanol–water partition coefficient (Wildman–Crippen LogP) is 3.29. The van der Waals surface area contributed by atoms with E-state index in [1.165, 1.54) is 0 Å². The van der Waals surface area contributed by atoms with Crippen LogP contribution in [0.5, 0.6) is 0 Å². The van der Waals surface area contributed by atoms with Gasteiger partial charge in [-0.1, -0.05) is 20.4 Å². The van der Waals surface area contributed by atoms with Crippen LogP contribution in [-0.4, -0.2) is 17.9 Å². The summed E-state index contributed by atoms with van der Waals surface area (Å²) in [7, 11) is 0. The normalized spacial score (nSPS) is 11.2. The molecular formula is C11H20O3. The molecule has 0 aromatic heterocycles. The quantitative estimate of drug-likeness (QED) is 0.504. The maximum atomic E-state index is 11.3. The van der Waals surface area contributed by atoms with E-state index in [4.69, 9.17) is 9.47 Å². The molecule has 0 heterocycles.